The Kier molecular flexibility index (Phi) is 10.5. The molecule has 0 aromatic heterocycles. The van der Waals surface area contributed by atoms with Gasteiger partial charge in [-0.1, -0.05) is 103 Å². The molecular weight excluding hydrogens is 546 g/mol. The lowest BCUT2D eigenvalue weighted by atomic mass is 10.0. The quantitative estimate of drug-likeness (QED) is 0.230. The molecule has 4 aromatic carbocycles. The minimum atomic E-state index is -4.09. The van der Waals surface area contributed by atoms with Crippen LogP contribution in [0.5, 0.6) is 0 Å². The van der Waals surface area contributed by atoms with Crippen LogP contribution in [0.3, 0.4) is 0 Å². The van der Waals surface area contributed by atoms with Crippen LogP contribution in [0.1, 0.15) is 30.0 Å². The van der Waals surface area contributed by atoms with Gasteiger partial charge in [0.2, 0.25) is 11.8 Å². The average Bonchev–Trinajstić information content (AvgIpc) is 3.02. The molecule has 0 aliphatic rings. The predicted molar refractivity (Wildman–Crippen MR) is 166 cm³/mol. The molecule has 2 amide bonds. The first-order valence-electron chi connectivity index (χ1n) is 14.1. The zero-order valence-electron chi connectivity index (χ0n) is 24.0. The number of rotatable bonds is 13. The van der Waals surface area contributed by atoms with Gasteiger partial charge in [-0.25, -0.2) is 8.42 Å². The van der Waals surface area contributed by atoms with Crippen molar-refractivity contribution in [2.24, 2.45) is 0 Å². The van der Waals surface area contributed by atoms with Crippen LogP contribution in [0, 0.1) is 6.92 Å². The SMILES string of the molecule is CCCNC(=O)[C@H](Cc1ccccc1)N(Cc1ccc(C)cc1)C(=O)CN(c1ccccc1)S(=O)(=O)c1ccccc1. The summed E-state index contributed by atoms with van der Waals surface area (Å²) in [5, 5.41) is 2.96. The van der Waals surface area contributed by atoms with Crippen molar-refractivity contribution in [2.75, 3.05) is 17.4 Å². The summed E-state index contributed by atoms with van der Waals surface area (Å²) >= 11 is 0. The van der Waals surface area contributed by atoms with Gasteiger partial charge >= 0.3 is 0 Å². The second-order valence-electron chi connectivity index (χ2n) is 10.2. The normalized spacial score (nSPS) is 11.9. The molecule has 0 unspecified atom stereocenters. The van der Waals surface area contributed by atoms with Crippen LogP contribution in [0.2, 0.25) is 0 Å². The lowest BCUT2D eigenvalue weighted by Crippen LogP contribution is -2.53. The number of carbonyl (C=O) groups excluding carboxylic acids is 2. The predicted octanol–water partition coefficient (Wildman–Crippen LogP) is 5.36. The van der Waals surface area contributed by atoms with Gasteiger partial charge in [-0.15, -0.1) is 0 Å². The van der Waals surface area contributed by atoms with Crippen molar-refractivity contribution < 1.29 is 18.0 Å². The molecule has 1 N–H and O–H groups in total. The topological polar surface area (TPSA) is 86.8 Å². The Morgan fingerprint density at radius 2 is 1.33 bits per heavy atom. The summed E-state index contributed by atoms with van der Waals surface area (Å²) < 4.78 is 28.9. The van der Waals surface area contributed by atoms with Crippen LogP contribution < -0.4 is 9.62 Å². The van der Waals surface area contributed by atoms with Crippen LogP contribution >= 0.6 is 0 Å². The third-order valence-electron chi connectivity index (χ3n) is 6.95. The Bertz CT molecular complexity index is 1550. The summed E-state index contributed by atoms with van der Waals surface area (Å²) in [6.07, 6.45) is 1.03. The molecular formula is C34H37N3O4S. The van der Waals surface area contributed by atoms with Gasteiger partial charge in [-0.2, -0.15) is 0 Å². The number of hydrogen-bond donors (Lipinski definition) is 1. The molecule has 0 radical (unpaired) electrons. The van der Waals surface area contributed by atoms with Crippen molar-refractivity contribution >= 4 is 27.5 Å². The lowest BCUT2D eigenvalue weighted by molar-refractivity contribution is -0.140. The van der Waals surface area contributed by atoms with Gasteiger partial charge in [0.15, 0.2) is 0 Å². The van der Waals surface area contributed by atoms with Gasteiger partial charge in [0.25, 0.3) is 10.0 Å². The van der Waals surface area contributed by atoms with E-state index < -0.39 is 28.5 Å². The van der Waals surface area contributed by atoms with Gasteiger partial charge in [-0.3, -0.25) is 13.9 Å². The lowest BCUT2D eigenvalue weighted by Gasteiger charge is -2.34. The summed E-state index contributed by atoms with van der Waals surface area (Å²) in [7, 11) is -4.09. The maximum Gasteiger partial charge on any atom is 0.264 e. The van der Waals surface area contributed by atoms with Crippen LogP contribution in [-0.2, 0) is 32.6 Å². The highest BCUT2D eigenvalue weighted by molar-refractivity contribution is 7.92. The number of carbonyl (C=O) groups is 2. The number of nitrogens with zero attached hydrogens (tertiary/aromatic N) is 2. The molecule has 42 heavy (non-hydrogen) atoms. The van der Waals surface area contributed by atoms with E-state index in [1.807, 2.05) is 68.4 Å². The van der Waals surface area contributed by atoms with Gasteiger partial charge in [-0.05, 0) is 48.7 Å². The van der Waals surface area contributed by atoms with Crippen LogP contribution in [0.4, 0.5) is 5.69 Å². The molecule has 8 heteroatoms. The first kappa shape index (κ1) is 30.5. The summed E-state index contributed by atoms with van der Waals surface area (Å²) in [5.41, 5.74) is 3.17. The van der Waals surface area contributed by atoms with Crippen molar-refractivity contribution in [1.29, 1.82) is 0 Å². The van der Waals surface area contributed by atoms with E-state index in [1.54, 1.807) is 48.5 Å². The van der Waals surface area contributed by atoms with Crippen molar-refractivity contribution in [3.8, 4) is 0 Å². The summed E-state index contributed by atoms with van der Waals surface area (Å²) in [6.45, 7) is 4.09. The third kappa shape index (κ3) is 7.85. The second-order valence-corrected chi connectivity index (χ2v) is 12.0. The van der Waals surface area contributed by atoms with Crippen molar-refractivity contribution in [3.05, 3.63) is 132 Å². The maximum absolute atomic E-state index is 14.3. The fourth-order valence-corrected chi connectivity index (χ4v) is 6.09. The Labute approximate surface area is 248 Å². The van der Waals surface area contributed by atoms with E-state index in [9.17, 15) is 18.0 Å². The minimum absolute atomic E-state index is 0.0771. The molecule has 218 valence electrons. The van der Waals surface area contributed by atoms with E-state index in [0.717, 1.165) is 27.4 Å². The van der Waals surface area contributed by atoms with Crippen molar-refractivity contribution in [3.63, 3.8) is 0 Å². The minimum Gasteiger partial charge on any atom is -0.354 e. The molecule has 0 heterocycles. The van der Waals surface area contributed by atoms with Crippen molar-refractivity contribution in [2.45, 2.75) is 44.2 Å². The van der Waals surface area contributed by atoms with E-state index in [4.69, 9.17) is 0 Å². The molecule has 0 aliphatic heterocycles. The first-order valence-corrected chi connectivity index (χ1v) is 15.5. The highest BCUT2D eigenvalue weighted by atomic mass is 32.2. The number of aryl methyl sites for hydroxylation is 1. The van der Waals surface area contributed by atoms with Gasteiger partial charge in [0, 0.05) is 19.5 Å². The summed E-state index contributed by atoms with van der Waals surface area (Å²) in [5.74, 6) is -0.759. The Morgan fingerprint density at radius 1 is 0.762 bits per heavy atom. The smallest absolute Gasteiger partial charge is 0.264 e. The molecule has 1 atom stereocenters. The van der Waals surface area contributed by atoms with Crippen LogP contribution in [0.25, 0.3) is 0 Å². The molecule has 0 fully saturated rings. The van der Waals surface area contributed by atoms with E-state index in [-0.39, 0.29) is 23.8 Å². The van der Waals surface area contributed by atoms with Crippen LogP contribution in [0.15, 0.2) is 120 Å². The van der Waals surface area contributed by atoms with Crippen LogP contribution in [-0.4, -0.2) is 44.3 Å². The first-order chi connectivity index (χ1) is 20.3. The molecule has 0 bridgehead atoms. The molecule has 0 spiro atoms. The molecule has 4 aromatic rings. The van der Waals surface area contributed by atoms with Crippen molar-refractivity contribution in [1.82, 2.24) is 10.2 Å². The molecule has 0 aliphatic carbocycles. The Balaban J connectivity index is 1.76. The molecule has 0 saturated carbocycles. The average molecular weight is 584 g/mol. The zero-order chi connectivity index (χ0) is 30.0. The van der Waals surface area contributed by atoms with E-state index in [0.29, 0.717) is 12.2 Å². The van der Waals surface area contributed by atoms with E-state index in [2.05, 4.69) is 5.32 Å². The molecule has 7 nitrogen and oxygen atoms in total. The number of anilines is 1. The van der Waals surface area contributed by atoms with E-state index >= 15 is 0 Å². The zero-order valence-corrected chi connectivity index (χ0v) is 24.8. The molecule has 4 rings (SSSR count). The standard InChI is InChI=1S/C34H37N3O4S/c1-3-23-35-34(39)32(24-28-13-7-4-8-14-28)36(25-29-21-19-27(2)20-22-29)33(38)26-37(30-15-9-5-10-16-30)42(40,41)31-17-11-6-12-18-31/h4-22,32H,3,23-26H2,1-2H3,(H,35,39)/t32-/m0/s1. The second kappa shape index (κ2) is 14.5. The number of sulfonamides is 1. The maximum atomic E-state index is 14.3. The Hall–Kier alpha value is -4.43. The van der Waals surface area contributed by atoms with Gasteiger partial charge in [0.05, 0.1) is 10.6 Å². The monoisotopic (exact) mass is 583 g/mol. The number of para-hydroxylation sites is 1. The highest BCUT2D eigenvalue weighted by Crippen LogP contribution is 2.25. The largest absolute Gasteiger partial charge is 0.354 e. The number of amides is 2. The third-order valence-corrected chi connectivity index (χ3v) is 8.74. The van der Waals surface area contributed by atoms with Gasteiger partial charge < -0.3 is 10.2 Å². The fraction of sp³-hybridized carbons (Fsp3) is 0.235. The summed E-state index contributed by atoms with van der Waals surface area (Å²) in [6, 6.07) is 33.1. The number of hydrogen-bond acceptors (Lipinski definition) is 4. The Morgan fingerprint density at radius 3 is 1.93 bits per heavy atom. The number of benzene rings is 4. The van der Waals surface area contributed by atoms with Gasteiger partial charge in [0.1, 0.15) is 12.6 Å². The number of nitrogens with one attached hydrogen (secondary N) is 1. The molecule has 0 saturated heterocycles. The van der Waals surface area contributed by atoms with E-state index in [1.165, 1.54) is 17.0 Å². The highest BCUT2D eigenvalue weighted by Gasteiger charge is 2.34. The summed E-state index contributed by atoms with van der Waals surface area (Å²) in [4.78, 5) is 29.6. The fourth-order valence-electron chi connectivity index (χ4n) is 4.65.